The summed E-state index contributed by atoms with van der Waals surface area (Å²) >= 11 is 2.37. The van der Waals surface area contributed by atoms with E-state index in [1.165, 1.54) is 14.5 Å². The summed E-state index contributed by atoms with van der Waals surface area (Å²) < 4.78 is 5.19. The largest absolute Gasteiger partial charge is 0.354 e. The Balaban J connectivity index is 1.57. The Kier molecular flexibility index (Phi) is 4.46. The average Bonchev–Trinajstić information content (AvgIpc) is 3.17. The Morgan fingerprint density at radius 3 is 2.96 bits per heavy atom. The molecular formula is C17H19IN6O. The van der Waals surface area contributed by atoms with Gasteiger partial charge in [-0.3, -0.25) is 14.4 Å². The number of benzene rings is 1. The average molecular weight is 450 g/mol. The molecule has 1 amide bonds. The van der Waals surface area contributed by atoms with E-state index in [4.69, 9.17) is 0 Å². The van der Waals surface area contributed by atoms with Crippen molar-refractivity contribution < 1.29 is 4.79 Å². The minimum Gasteiger partial charge on any atom is -0.354 e. The quantitative estimate of drug-likeness (QED) is 0.612. The molecule has 3 aromatic rings. The van der Waals surface area contributed by atoms with Gasteiger partial charge in [0, 0.05) is 59.5 Å². The number of carbonyl (C=O) groups excluding carboxylic acids is 1. The molecule has 0 spiro atoms. The van der Waals surface area contributed by atoms with Crippen LogP contribution in [0.3, 0.4) is 0 Å². The van der Waals surface area contributed by atoms with Gasteiger partial charge < -0.3 is 9.88 Å². The number of hydrogen-bond donors (Lipinski definition) is 1. The summed E-state index contributed by atoms with van der Waals surface area (Å²) in [6.45, 7) is 3.89. The molecule has 25 heavy (non-hydrogen) atoms. The number of nitrogens with one attached hydrogen (secondary N) is 1. The van der Waals surface area contributed by atoms with Gasteiger partial charge >= 0.3 is 0 Å². The van der Waals surface area contributed by atoms with Crippen LogP contribution < -0.4 is 5.32 Å². The van der Waals surface area contributed by atoms with Crippen LogP contribution in [0.15, 0.2) is 30.7 Å². The molecule has 1 saturated heterocycles. The highest BCUT2D eigenvalue weighted by molar-refractivity contribution is 14.1. The third-order valence-electron chi connectivity index (χ3n) is 4.46. The molecule has 0 radical (unpaired) electrons. The van der Waals surface area contributed by atoms with Crippen molar-refractivity contribution in [3.8, 4) is 11.4 Å². The van der Waals surface area contributed by atoms with E-state index < -0.39 is 0 Å². The highest BCUT2D eigenvalue weighted by Crippen LogP contribution is 2.27. The van der Waals surface area contributed by atoms with Gasteiger partial charge in [-0.2, -0.15) is 5.10 Å². The van der Waals surface area contributed by atoms with E-state index in [2.05, 4.69) is 71.9 Å². The molecule has 130 valence electrons. The van der Waals surface area contributed by atoms with Gasteiger partial charge in [-0.25, -0.2) is 4.98 Å². The molecule has 0 saturated carbocycles. The van der Waals surface area contributed by atoms with E-state index in [1.54, 1.807) is 11.0 Å². The zero-order chi connectivity index (χ0) is 17.4. The van der Waals surface area contributed by atoms with Crippen molar-refractivity contribution in [2.45, 2.75) is 6.54 Å². The highest BCUT2D eigenvalue weighted by Gasteiger charge is 2.16. The van der Waals surface area contributed by atoms with Crippen LogP contribution in [0.4, 0.5) is 0 Å². The maximum Gasteiger partial charge on any atom is 0.234 e. The molecule has 2 aromatic heterocycles. The number of rotatable bonds is 4. The lowest BCUT2D eigenvalue weighted by Crippen LogP contribution is -2.48. The molecular weight excluding hydrogens is 431 g/mol. The topological polar surface area (TPSA) is 68.0 Å². The fraction of sp³-hybridized carbons (Fsp3) is 0.353. The molecule has 1 fully saturated rings. The monoisotopic (exact) mass is 450 g/mol. The molecule has 8 heteroatoms. The summed E-state index contributed by atoms with van der Waals surface area (Å²) in [6, 6.07) is 6.35. The maximum absolute atomic E-state index is 11.5. The van der Waals surface area contributed by atoms with Gasteiger partial charge in [0.05, 0.1) is 6.54 Å². The van der Waals surface area contributed by atoms with Gasteiger partial charge in [-0.15, -0.1) is 0 Å². The smallest absolute Gasteiger partial charge is 0.234 e. The van der Waals surface area contributed by atoms with Crippen molar-refractivity contribution in [2.24, 2.45) is 7.05 Å². The molecule has 7 nitrogen and oxygen atoms in total. The van der Waals surface area contributed by atoms with Crippen LogP contribution in [0.25, 0.3) is 22.3 Å². The summed E-state index contributed by atoms with van der Waals surface area (Å²) in [4.78, 5) is 18.0. The van der Waals surface area contributed by atoms with Crippen LogP contribution in [0.5, 0.6) is 0 Å². The maximum atomic E-state index is 11.5. The molecule has 0 atom stereocenters. The van der Waals surface area contributed by atoms with Gasteiger partial charge in [0.15, 0.2) is 5.82 Å². The van der Waals surface area contributed by atoms with E-state index >= 15 is 0 Å². The second-order valence-corrected chi connectivity index (χ2v) is 7.43. The number of hydrogen-bond acceptors (Lipinski definition) is 4. The van der Waals surface area contributed by atoms with Crippen molar-refractivity contribution in [2.75, 3.05) is 26.2 Å². The number of aromatic nitrogens is 4. The van der Waals surface area contributed by atoms with Gasteiger partial charge in [0.25, 0.3) is 0 Å². The molecule has 0 unspecified atom stereocenters. The van der Waals surface area contributed by atoms with Gasteiger partial charge in [0.2, 0.25) is 5.91 Å². The summed E-state index contributed by atoms with van der Waals surface area (Å²) in [5.41, 5.74) is 2.22. The van der Waals surface area contributed by atoms with Crippen molar-refractivity contribution >= 4 is 39.4 Å². The molecule has 1 aliphatic rings. The summed E-state index contributed by atoms with van der Waals surface area (Å²) in [7, 11) is 1.87. The van der Waals surface area contributed by atoms with E-state index in [9.17, 15) is 4.79 Å². The lowest BCUT2D eigenvalue weighted by atomic mass is 10.1. The molecule has 3 heterocycles. The Labute approximate surface area is 159 Å². The summed E-state index contributed by atoms with van der Waals surface area (Å²) in [6.07, 6.45) is 3.88. The molecule has 1 aromatic carbocycles. The van der Waals surface area contributed by atoms with Crippen molar-refractivity contribution in [1.29, 1.82) is 0 Å². The predicted octanol–water partition coefficient (Wildman–Crippen LogP) is 1.47. The Morgan fingerprint density at radius 1 is 1.32 bits per heavy atom. The first kappa shape index (κ1) is 16.5. The normalized spacial score (nSPS) is 15.7. The van der Waals surface area contributed by atoms with Crippen LogP contribution in [0.2, 0.25) is 0 Å². The minimum absolute atomic E-state index is 0.116. The van der Waals surface area contributed by atoms with Gasteiger partial charge in [-0.1, -0.05) is 0 Å². The summed E-state index contributed by atoms with van der Waals surface area (Å²) in [5, 5.41) is 8.46. The summed E-state index contributed by atoms with van der Waals surface area (Å²) in [5.74, 6) is 0.859. The van der Waals surface area contributed by atoms with E-state index in [0.717, 1.165) is 37.6 Å². The molecule has 0 bridgehead atoms. The molecule has 1 aliphatic heterocycles. The van der Waals surface area contributed by atoms with Crippen LogP contribution in [-0.2, 0) is 18.4 Å². The van der Waals surface area contributed by atoms with E-state index in [1.807, 2.05) is 7.05 Å². The lowest BCUT2D eigenvalue weighted by molar-refractivity contribution is -0.124. The second-order valence-electron chi connectivity index (χ2n) is 6.27. The van der Waals surface area contributed by atoms with Gasteiger partial charge in [0.1, 0.15) is 6.33 Å². The fourth-order valence-electron chi connectivity index (χ4n) is 3.18. The number of carbonyl (C=O) groups is 1. The molecule has 0 aliphatic carbocycles. The minimum atomic E-state index is 0.116. The zero-order valence-electron chi connectivity index (χ0n) is 13.9. The fourth-order valence-corrected chi connectivity index (χ4v) is 3.95. The SMILES string of the molecule is Cn1cnc(-c2ccc3c(c2)c(I)cn3CCN2CCNC(=O)C2)n1. The van der Waals surface area contributed by atoms with E-state index in [-0.39, 0.29) is 5.91 Å². The Hall–Kier alpha value is -1.94. The van der Waals surface area contributed by atoms with Crippen molar-refractivity contribution in [1.82, 2.24) is 29.5 Å². The molecule has 4 rings (SSSR count). The van der Waals surface area contributed by atoms with E-state index in [0.29, 0.717) is 6.54 Å². The van der Waals surface area contributed by atoms with Crippen molar-refractivity contribution in [3.63, 3.8) is 0 Å². The number of nitrogens with zero attached hydrogens (tertiary/aromatic N) is 5. The van der Waals surface area contributed by atoms with Crippen LogP contribution in [0.1, 0.15) is 0 Å². The second kappa shape index (κ2) is 6.75. The standard InChI is InChI=1S/C17H19IN6O/c1-22-11-20-17(21-22)12-2-3-15-13(8-12)14(18)9-24(15)7-6-23-5-4-19-16(25)10-23/h2-3,8-9,11H,4-7,10H2,1H3,(H,19,25). The lowest BCUT2D eigenvalue weighted by Gasteiger charge is -2.26. The Bertz CT molecular complexity index is 931. The first-order valence-corrected chi connectivity index (χ1v) is 9.31. The third kappa shape index (κ3) is 3.40. The Morgan fingerprint density at radius 2 is 2.20 bits per heavy atom. The van der Waals surface area contributed by atoms with Crippen LogP contribution in [-0.4, -0.2) is 56.3 Å². The number of fused-ring (bicyclic) bond motifs is 1. The first-order chi connectivity index (χ1) is 12.1. The number of aryl methyl sites for hydroxylation is 1. The zero-order valence-corrected chi connectivity index (χ0v) is 16.1. The number of halogens is 1. The van der Waals surface area contributed by atoms with Crippen LogP contribution >= 0.6 is 22.6 Å². The number of piperazine rings is 1. The number of amides is 1. The van der Waals surface area contributed by atoms with Crippen LogP contribution in [0, 0.1) is 3.57 Å². The third-order valence-corrected chi connectivity index (χ3v) is 5.32. The molecule has 1 N–H and O–H groups in total. The highest BCUT2D eigenvalue weighted by atomic mass is 127. The van der Waals surface area contributed by atoms with Gasteiger partial charge in [-0.05, 0) is 40.8 Å². The van der Waals surface area contributed by atoms with Crippen molar-refractivity contribution in [3.05, 3.63) is 34.3 Å². The first-order valence-electron chi connectivity index (χ1n) is 8.23. The predicted molar refractivity (Wildman–Crippen MR) is 104 cm³/mol.